The molecule has 0 fully saturated rings. The van der Waals surface area contributed by atoms with Gasteiger partial charge in [0.2, 0.25) is 0 Å². The van der Waals surface area contributed by atoms with Crippen molar-refractivity contribution in [1.82, 2.24) is 0 Å². The molecule has 0 aliphatic rings. The van der Waals surface area contributed by atoms with Gasteiger partial charge in [0, 0.05) is 6.42 Å². The lowest BCUT2D eigenvalue weighted by Gasteiger charge is -2.05. The van der Waals surface area contributed by atoms with Gasteiger partial charge in [0.05, 0.1) is 6.61 Å². The molecule has 0 atom stereocenters. The zero-order valence-electron chi connectivity index (χ0n) is 21.4. The molecule has 2 heteroatoms. The van der Waals surface area contributed by atoms with E-state index in [1.807, 2.05) is 0 Å². The number of rotatable bonds is 25. The minimum absolute atomic E-state index is 0.0113. The van der Waals surface area contributed by atoms with Gasteiger partial charge in [-0.15, -0.1) is 0 Å². The summed E-state index contributed by atoms with van der Waals surface area (Å²) in [4.78, 5) is 11.8. The van der Waals surface area contributed by atoms with Crippen LogP contribution < -0.4 is 0 Å². The molecule has 0 N–H and O–H groups in total. The fourth-order valence-corrected chi connectivity index (χ4v) is 4.01. The molecule has 0 heterocycles. The van der Waals surface area contributed by atoms with Gasteiger partial charge >= 0.3 is 5.97 Å². The third-order valence-corrected chi connectivity index (χ3v) is 6.15. The Morgan fingerprint density at radius 2 is 0.903 bits per heavy atom. The van der Waals surface area contributed by atoms with E-state index in [9.17, 15) is 4.79 Å². The van der Waals surface area contributed by atoms with Crippen molar-refractivity contribution in [3.05, 3.63) is 12.2 Å². The molecule has 2 nitrogen and oxygen atoms in total. The molecule has 0 saturated heterocycles. The molecule has 31 heavy (non-hydrogen) atoms. The number of carbonyl (C=O) groups is 1. The van der Waals surface area contributed by atoms with E-state index in [2.05, 4.69) is 26.0 Å². The minimum atomic E-state index is 0.0113. The number of allylic oxidation sites excluding steroid dienone is 2. The third kappa shape index (κ3) is 27.2. The predicted octanol–water partition coefficient (Wildman–Crippen LogP) is 10.1. The van der Waals surface area contributed by atoms with Crippen LogP contribution in [-0.4, -0.2) is 12.6 Å². The smallest absolute Gasteiger partial charge is 0.305 e. The monoisotopic (exact) mass is 436 g/mol. The highest BCUT2D eigenvalue weighted by molar-refractivity contribution is 5.69. The quantitative estimate of drug-likeness (QED) is 0.0808. The fraction of sp³-hybridized carbons (Fsp3) is 0.897. The van der Waals surface area contributed by atoms with Crippen molar-refractivity contribution in [2.24, 2.45) is 0 Å². The molecule has 0 rings (SSSR count). The van der Waals surface area contributed by atoms with Crippen LogP contribution in [0, 0.1) is 0 Å². The van der Waals surface area contributed by atoms with Gasteiger partial charge in [-0.1, -0.05) is 129 Å². The highest BCUT2D eigenvalue weighted by atomic mass is 16.5. The number of hydrogen-bond donors (Lipinski definition) is 0. The Labute approximate surface area is 196 Å². The summed E-state index contributed by atoms with van der Waals surface area (Å²) in [6, 6.07) is 0. The van der Waals surface area contributed by atoms with Gasteiger partial charge in [-0.25, -0.2) is 0 Å². The van der Waals surface area contributed by atoms with Gasteiger partial charge in [0.25, 0.3) is 0 Å². The van der Waals surface area contributed by atoms with Crippen molar-refractivity contribution >= 4 is 5.97 Å². The lowest BCUT2D eigenvalue weighted by molar-refractivity contribution is -0.143. The maximum atomic E-state index is 11.8. The largest absolute Gasteiger partial charge is 0.466 e. The molecule has 0 aromatic rings. The number of ether oxygens (including phenoxy) is 1. The highest BCUT2D eigenvalue weighted by Crippen LogP contribution is 2.11. The summed E-state index contributed by atoms with van der Waals surface area (Å²) in [5.41, 5.74) is 0. The number of carbonyl (C=O) groups excluding carboxylic acids is 1. The lowest BCUT2D eigenvalue weighted by atomic mass is 10.1. The van der Waals surface area contributed by atoms with Crippen molar-refractivity contribution in [2.45, 2.75) is 162 Å². The van der Waals surface area contributed by atoms with Crippen LogP contribution in [0.5, 0.6) is 0 Å². The van der Waals surface area contributed by atoms with Crippen LogP contribution in [-0.2, 0) is 9.53 Å². The van der Waals surface area contributed by atoms with E-state index in [1.54, 1.807) is 0 Å². The average molecular weight is 437 g/mol. The Morgan fingerprint density at radius 1 is 0.516 bits per heavy atom. The van der Waals surface area contributed by atoms with E-state index >= 15 is 0 Å². The first kappa shape index (κ1) is 30.2. The van der Waals surface area contributed by atoms with Gasteiger partial charge in [0.1, 0.15) is 0 Å². The Morgan fingerprint density at radius 3 is 1.39 bits per heavy atom. The molecule has 0 amide bonds. The molecule has 0 unspecified atom stereocenters. The van der Waals surface area contributed by atoms with Crippen LogP contribution in [0.25, 0.3) is 0 Å². The summed E-state index contributed by atoms with van der Waals surface area (Å²) in [5.74, 6) is 0.0113. The van der Waals surface area contributed by atoms with Crippen molar-refractivity contribution in [3.63, 3.8) is 0 Å². The van der Waals surface area contributed by atoms with Gasteiger partial charge < -0.3 is 4.74 Å². The third-order valence-electron chi connectivity index (χ3n) is 6.15. The first-order chi connectivity index (χ1) is 15.3. The second kappa shape index (κ2) is 27.2. The van der Waals surface area contributed by atoms with Crippen molar-refractivity contribution in [2.75, 3.05) is 6.61 Å². The van der Waals surface area contributed by atoms with Crippen molar-refractivity contribution in [3.8, 4) is 0 Å². The van der Waals surface area contributed by atoms with Crippen LogP contribution >= 0.6 is 0 Å². The molecule has 0 aliphatic heterocycles. The minimum Gasteiger partial charge on any atom is -0.466 e. The Hall–Kier alpha value is -0.790. The first-order valence-electron chi connectivity index (χ1n) is 14.1. The van der Waals surface area contributed by atoms with Gasteiger partial charge in [-0.3, -0.25) is 4.79 Å². The van der Waals surface area contributed by atoms with Crippen LogP contribution in [0.1, 0.15) is 162 Å². The summed E-state index contributed by atoms with van der Waals surface area (Å²) in [6.07, 6.45) is 33.8. The van der Waals surface area contributed by atoms with E-state index in [1.165, 1.54) is 122 Å². The van der Waals surface area contributed by atoms with E-state index in [4.69, 9.17) is 4.74 Å². The van der Waals surface area contributed by atoms with Gasteiger partial charge in [-0.05, 0) is 38.5 Å². The summed E-state index contributed by atoms with van der Waals surface area (Å²) in [6.45, 7) is 5.16. The molecule has 184 valence electrons. The van der Waals surface area contributed by atoms with Gasteiger partial charge in [0.15, 0.2) is 0 Å². The summed E-state index contributed by atoms with van der Waals surface area (Å²) >= 11 is 0. The highest BCUT2D eigenvalue weighted by Gasteiger charge is 2.02. The molecule has 0 aromatic carbocycles. The Balaban J connectivity index is 3.20. The maximum Gasteiger partial charge on any atom is 0.305 e. The van der Waals surface area contributed by atoms with Crippen molar-refractivity contribution < 1.29 is 9.53 Å². The number of esters is 1. The normalized spacial score (nSPS) is 11.4. The number of hydrogen-bond acceptors (Lipinski definition) is 2. The predicted molar refractivity (Wildman–Crippen MR) is 138 cm³/mol. The zero-order chi connectivity index (χ0) is 22.7. The SMILES string of the molecule is CCCCCCCC/C=C/CCCCCCCC(=O)OCCCCCCCCCCC. The lowest BCUT2D eigenvalue weighted by Crippen LogP contribution is -2.05. The van der Waals surface area contributed by atoms with Crippen LogP contribution in [0.2, 0.25) is 0 Å². The fourth-order valence-electron chi connectivity index (χ4n) is 4.01. The van der Waals surface area contributed by atoms with E-state index in [-0.39, 0.29) is 5.97 Å². The molecule has 0 saturated carbocycles. The molecule has 0 radical (unpaired) electrons. The van der Waals surface area contributed by atoms with Gasteiger partial charge in [-0.2, -0.15) is 0 Å². The zero-order valence-corrected chi connectivity index (χ0v) is 21.4. The number of unbranched alkanes of at least 4 members (excludes halogenated alkanes) is 19. The topological polar surface area (TPSA) is 26.3 Å². The summed E-state index contributed by atoms with van der Waals surface area (Å²) < 4.78 is 5.37. The molecule has 0 spiro atoms. The standard InChI is InChI=1S/C29H56O2/c1-3-5-7-9-11-13-14-15-16-17-18-19-21-23-25-27-29(30)31-28-26-24-22-20-12-10-8-6-4-2/h15-16H,3-14,17-28H2,1-2H3/b16-15+. The summed E-state index contributed by atoms with van der Waals surface area (Å²) in [5, 5.41) is 0. The van der Waals surface area contributed by atoms with Crippen LogP contribution in [0.4, 0.5) is 0 Å². The molecule has 0 aromatic heterocycles. The van der Waals surface area contributed by atoms with E-state index in [0.29, 0.717) is 13.0 Å². The Kier molecular flexibility index (Phi) is 26.5. The second-order valence-electron chi connectivity index (χ2n) is 9.38. The molecular weight excluding hydrogens is 380 g/mol. The van der Waals surface area contributed by atoms with E-state index < -0.39 is 0 Å². The van der Waals surface area contributed by atoms with E-state index in [0.717, 1.165) is 19.3 Å². The second-order valence-corrected chi connectivity index (χ2v) is 9.38. The first-order valence-corrected chi connectivity index (χ1v) is 14.1. The van der Waals surface area contributed by atoms with Crippen LogP contribution in [0.15, 0.2) is 12.2 Å². The Bertz CT molecular complexity index is 375. The molecule has 0 bridgehead atoms. The van der Waals surface area contributed by atoms with Crippen LogP contribution in [0.3, 0.4) is 0 Å². The average Bonchev–Trinajstić information content (AvgIpc) is 2.77. The summed E-state index contributed by atoms with van der Waals surface area (Å²) in [7, 11) is 0. The molecule has 0 aliphatic carbocycles. The maximum absolute atomic E-state index is 11.8. The van der Waals surface area contributed by atoms with Crippen molar-refractivity contribution in [1.29, 1.82) is 0 Å². The molecular formula is C29H56O2.